The fourth-order valence-corrected chi connectivity index (χ4v) is 5.13. The lowest BCUT2D eigenvalue weighted by Gasteiger charge is -2.42. The molecule has 0 saturated carbocycles. The van der Waals surface area contributed by atoms with Crippen LogP contribution in [0.4, 0.5) is 4.39 Å². The van der Waals surface area contributed by atoms with Crippen molar-refractivity contribution in [3.05, 3.63) is 41.5 Å². The Morgan fingerprint density at radius 1 is 1.20 bits per heavy atom. The summed E-state index contributed by atoms with van der Waals surface area (Å²) in [5, 5.41) is 23.1. The number of nitrogens with zero attached hydrogens (tertiary/aromatic N) is 3. The fourth-order valence-electron chi connectivity index (χ4n) is 4.35. The van der Waals surface area contributed by atoms with Crippen molar-refractivity contribution in [2.75, 3.05) is 0 Å². The van der Waals surface area contributed by atoms with Crippen molar-refractivity contribution in [3.8, 4) is 33.3 Å². The molecule has 4 heterocycles. The normalized spacial score (nSPS) is 25.8. The zero-order valence-corrected chi connectivity index (χ0v) is 17.4. The quantitative estimate of drug-likeness (QED) is 0.648. The van der Waals surface area contributed by atoms with Gasteiger partial charge in [-0.2, -0.15) is 0 Å². The summed E-state index contributed by atoms with van der Waals surface area (Å²) in [5.41, 5.74) is 2.02. The van der Waals surface area contributed by atoms with E-state index >= 15 is 0 Å². The Hall–Kier alpha value is -2.58. The number of benzene rings is 1. The minimum Gasteiger partial charge on any atom is -0.507 e. The van der Waals surface area contributed by atoms with Gasteiger partial charge in [0, 0.05) is 36.3 Å². The molecule has 8 heteroatoms. The molecule has 3 aromatic rings. The molecule has 0 radical (unpaired) electrons. The number of fused-ring (bicyclic) bond motifs is 2. The number of rotatable bonds is 4. The number of nitrogens with one attached hydrogen (secondary N) is 1. The Morgan fingerprint density at radius 3 is 2.83 bits per heavy atom. The number of hydrogen-bond acceptors (Lipinski definition) is 7. The lowest BCUT2D eigenvalue weighted by Crippen LogP contribution is -2.59. The van der Waals surface area contributed by atoms with Gasteiger partial charge in [0.2, 0.25) is 5.88 Å². The molecule has 156 valence electrons. The highest BCUT2D eigenvalue weighted by Gasteiger charge is 2.41. The van der Waals surface area contributed by atoms with E-state index in [2.05, 4.69) is 20.5 Å². The van der Waals surface area contributed by atoms with Crippen LogP contribution in [0.2, 0.25) is 0 Å². The Morgan fingerprint density at radius 2 is 2.10 bits per heavy atom. The summed E-state index contributed by atoms with van der Waals surface area (Å²) >= 11 is 1.57. The predicted octanol–water partition coefficient (Wildman–Crippen LogP) is 4.28. The minimum absolute atomic E-state index is 0.122. The molecule has 0 amide bonds. The Balaban J connectivity index is 1.31. The van der Waals surface area contributed by atoms with Crippen LogP contribution in [-0.2, 0) is 0 Å². The Bertz CT molecular complexity index is 1040. The second kappa shape index (κ2) is 7.92. The maximum Gasteiger partial charge on any atom is 0.233 e. The molecule has 2 aromatic heterocycles. The van der Waals surface area contributed by atoms with Gasteiger partial charge < -0.3 is 15.2 Å². The van der Waals surface area contributed by atoms with E-state index in [-0.39, 0.29) is 11.8 Å². The molecule has 2 bridgehead atoms. The first-order chi connectivity index (χ1) is 14.6. The molecule has 4 atom stereocenters. The average molecular weight is 427 g/mol. The van der Waals surface area contributed by atoms with Crippen molar-refractivity contribution in [2.45, 2.75) is 57.0 Å². The summed E-state index contributed by atoms with van der Waals surface area (Å²) in [7, 11) is 0. The molecule has 1 aromatic carbocycles. The number of hydrogen-bond donors (Lipinski definition) is 2. The number of aryl methyl sites for hydroxylation is 1. The smallest absolute Gasteiger partial charge is 0.233 e. The zero-order valence-electron chi connectivity index (χ0n) is 16.6. The summed E-state index contributed by atoms with van der Waals surface area (Å²) in [5.74, 6) is 0.430. The standard InChI is InChI=1S/C22H23FN4O2S/c1-12-24-11-20(30-12)13-5-6-15(18(28)9-13)16-7-8-21(27-26-16)29-19-10-14-3-2-4-17(25-14)22(19)23/h5-9,11,14,17,19,22,25,28H,2-4,10H2,1H3/t14?,17?,19-,22+/m1/s1. The Kier molecular flexibility index (Phi) is 5.12. The van der Waals surface area contributed by atoms with Crippen LogP contribution in [0.5, 0.6) is 11.6 Å². The van der Waals surface area contributed by atoms with E-state index in [0.29, 0.717) is 29.6 Å². The van der Waals surface area contributed by atoms with Crippen LogP contribution in [0.15, 0.2) is 36.5 Å². The maximum absolute atomic E-state index is 14.7. The maximum atomic E-state index is 14.7. The first kappa shape index (κ1) is 19.4. The first-order valence-electron chi connectivity index (χ1n) is 10.2. The highest BCUT2D eigenvalue weighted by atomic mass is 32.1. The van der Waals surface area contributed by atoms with E-state index in [0.717, 1.165) is 34.7 Å². The summed E-state index contributed by atoms with van der Waals surface area (Å²) in [6, 6.07) is 9.05. The highest BCUT2D eigenvalue weighted by molar-refractivity contribution is 7.15. The van der Waals surface area contributed by atoms with Gasteiger partial charge in [-0.25, -0.2) is 9.37 Å². The van der Waals surface area contributed by atoms with Crippen LogP contribution in [-0.4, -0.2) is 44.6 Å². The first-order valence-corrected chi connectivity index (χ1v) is 11.0. The van der Waals surface area contributed by atoms with Gasteiger partial charge >= 0.3 is 0 Å². The van der Waals surface area contributed by atoms with Gasteiger partial charge in [0.05, 0.1) is 15.6 Å². The van der Waals surface area contributed by atoms with Crippen molar-refractivity contribution in [3.63, 3.8) is 0 Å². The third kappa shape index (κ3) is 3.77. The van der Waals surface area contributed by atoms with E-state index in [1.165, 1.54) is 0 Å². The van der Waals surface area contributed by atoms with Crippen LogP contribution in [0.3, 0.4) is 0 Å². The minimum atomic E-state index is -1.05. The van der Waals surface area contributed by atoms with Crippen molar-refractivity contribution in [1.29, 1.82) is 0 Å². The summed E-state index contributed by atoms with van der Waals surface area (Å²) in [6.07, 6.45) is 3.86. The molecule has 2 unspecified atom stereocenters. The van der Waals surface area contributed by atoms with E-state index < -0.39 is 12.3 Å². The number of aromatic hydroxyl groups is 1. The highest BCUT2D eigenvalue weighted by Crippen LogP contribution is 2.35. The Labute approximate surface area is 178 Å². The molecule has 2 fully saturated rings. The van der Waals surface area contributed by atoms with Crippen molar-refractivity contribution in [1.82, 2.24) is 20.5 Å². The second-order valence-corrected chi connectivity index (χ2v) is 9.20. The number of piperidine rings is 2. The van der Waals surface area contributed by atoms with E-state index in [1.807, 2.05) is 19.1 Å². The molecular formula is C22H23FN4O2S. The van der Waals surface area contributed by atoms with Gasteiger partial charge in [0.25, 0.3) is 0 Å². The van der Waals surface area contributed by atoms with E-state index in [9.17, 15) is 9.50 Å². The van der Waals surface area contributed by atoms with Gasteiger partial charge in [0.15, 0.2) is 6.17 Å². The van der Waals surface area contributed by atoms with Crippen LogP contribution in [0.25, 0.3) is 21.7 Å². The number of aromatic nitrogens is 3. The third-order valence-electron chi connectivity index (χ3n) is 5.87. The number of phenols is 1. The summed E-state index contributed by atoms with van der Waals surface area (Å²) in [4.78, 5) is 5.25. The van der Waals surface area contributed by atoms with Crippen LogP contribution in [0, 0.1) is 6.92 Å². The average Bonchev–Trinajstić information content (AvgIpc) is 3.19. The number of halogens is 1. The molecule has 2 aliphatic rings. The molecule has 30 heavy (non-hydrogen) atoms. The monoisotopic (exact) mass is 426 g/mol. The van der Waals surface area contributed by atoms with Gasteiger partial charge in [-0.1, -0.05) is 12.5 Å². The van der Waals surface area contributed by atoms with Crippen LogP contribution in [0.1, 0.15) is 30.7 Å². The molecule has 2 aliphatic heterocycles. The van der Waals surface area contributed by atoms with Gasteiger partial charge in [-0.3, -0.25) is 0 Å². The predicted molar refractivity (Wildman–Crippen MR) is 113 cm³/mol. The molecule has 5 rings (SSSR count). The van der Waals surface area contributed by atoms with Gasteiger partial charge in [0.1, 0.15) is 11.9 Å². The SMILES string of the molecule is Cc1ncc(-c2ccc(-c3ccc(O[C@@H]4CC5CCCC(N5)[C@@H]4F)nn3)c(O)c2)s1. The molecule has 2 saturated heterocycles. The fraction of sp³-hybridized carbons (Fsp3) is 0.409. The summed E-state index contributed by atoms with van der Waals surface area (Å²) < 4.78 is 20.6. The van der Waals surface area contributed by atoms with E-state index in [1.54, 1.807) is 35.7 Å². The summed E-state index contributed by atoms with van der Waals surface area (Å²) in [6.45, 7) is 1.95. The number of phenolic OH excluding ortho intramolecular Hbond substituents is 1. The second-order valence-electron chi connectivity index (χ2n) is 7.97. The number of alkyl halides is 1. The van der Waals surface area contributed by atoms with Crippen LogP contribution < -0.4 is 10.1 Å². The molecular weight excluding hydrogens is 403 g/mol. The van der Waals surface area contributed by atoms with Gasteiger partial charge in [-0.15, -0.1) is 21.5 Å². The van der Waals surface area contributed by atoms with Crippen molar-refractivity contribution < 1.29 is 14.2 Å². The molecule has 0 spiro atoms. The van der Waals surface area contributed by atoms with Crippen molar-refractivity contribution in [2.24, 2.45) is 0 Å². The van der Waals surface area contributed by atoms with Gasteiger partial charge in [-0.05, 0) is 43.5 Å². The molecule has 0 aliphatic carbocycles. The lowest BCUT2D eigenvalue weighted by atomic mass is 9.84. The largest absolute Gasteiger partial charge is 0.507 e. The van der Waals surface area contributed by atoms with E-state index in [4.69, 9.17) is 4.74 Å². The zero-order chi connectivity index (χ0) is 20.7. The number of ether oxygens (including phenoxy) is 1. The number of thiazole rings is 1. The third-order valence-corrected chi connectivity index (χ3v) is 6.83. The molecule has 6 nitrogen and oxygen atoms in total. The topological polar surface area (TPSA) is 80.2 Å². The molecule has 2 N–H and O–H groups in total. The van der Waals surface area contributed by atoms with Crippen molar-refractivity contribution >= 4 is 11.3 Å². The van der Waals surface area contributed by atoms with Crippen LogP contribution >= 0.6 is 11.3 Å². The lowest BCUT2D eigenvalue weighted by molar-refractivity contribution is 0.00652.